The van der Waals surface area contributed by atoms with Crippen molar-refractivity contribution in [1.82, 2.24) is 0 Å². The summed E-state index contributed by atoms with van der Waals surface area (Å²) in [5, 5.41) is 17.6. The van der Waals surface area contributed by atoms with Gasteiger partial charge in [0.15, 0.2) is 0 Å². The maximum Gasteiger partial charge on any atom is 0.335 e. The van der Waals surface area contributed by atoms with Crippen LogP contribution in [-0.4, -0.2) is 22.2 Å². The van der Waals surface area contributed by atoms with Crippen molar-refractivity contribution in [2.24, 2.45) is 0 Å². The Morgan fingerprint density at radius 3 is 1.05 bits per heavy atom. The first-order chi connectivity index (χ1) is 8.58. The van der Waals surface area contributed by atoms with E-state index in [2.05, 4.69) is 0 Å². The van der Waals surface area contributed by atoms with E-state index >= 15 is 0 Å². The van der Waals surface area contributed by atoms with Crippen molar-refractivity contribution in [3.05, 3.63) is 59.7 Å². The van der Waals surface area contributed by atoms with E-state index in [9.17, 15) is 9.59 Å². The van der Waals surface area contributed by atoms with Crippen LogP contribution >= 0.6 is 34.0 Å². The fraction of sp³-hybridized carbons (Fsp3) is 0. The normalized spacial score (nSPS) is 9.00. The molecule has 2 aromatic rings. The van der Waals surface area contributed by atoms with E-state index < -0.39 is 11.9 Å². The molecular weight excluding hydrogens is 392 g/mol. The van der Waals surface area contributed by atoms with Gasteiger partial charge in [0, 0.05) is 0 Å². The number of carboxylic acid groups (broad SMARTS) is 2. The molecule has 6 heteroatoms. The summed E-state index contributed by atoms with van der Waals surface area (Å²) in [4.78, 5) is 21.4. The van der Waals surface area contributed by atoms with E-state index in [-0.39, 0.29) is 45.1 Å². The predicted octanol–water partition coefficient (Wildman–Crippen LogP) is 3.91. The van der Waals surface area contributed by atoms with Crippen LogP contribution < -0.4 is 0 Å². The van der Waals surface area contributed by atoms with Gasteiger partial charge in [-0.05, 0) is 35.4 Å². The molecule has 20 heavy (non-hydrogen) atoms. The first-order valence-electron chi connectivity index (χ1n) is 5.25. The number of benzene rings is 2. The quantitative estimate of drug-likeness (QED) is 0.814. The van der Waals surface area contributed by atoms with Crippen molar-refractivity contribution >= 4 is 45.9 Å². The van der Waals surface area contributed by atoms with Gasteiger partial charge in [0.2, 0.25) is 0 Å². The van der Waals surface area contributed by atoms with Gasteiger partial charge in [-0.15, -0.1) is 34.0 Å². The molecule has 4 nitrogen and oxygen atoms in total. The summed E-state index contributed by atoms with van der Waals surface area (Å²) in [7, 11) is 0. The molecule has 106 valence electrons. The third-order valence-corrected chi connectivity index (χ3v) is 2.60. The summed E-state index contributed by atoms with van der Waals surface area (Å²) >= 11 is 0. The number of halogens is 2. The molecule has 0 saturated heterocycles. The summed E-state index contributed by atoms with van der Waals surface area (Å²) < 4.78 is 0. The van der Waals surface area contributed by atoms with Crippen molar-refractivity contribution in [1.29, 1.82) is 0 Å². The fourth-order valence-electron chi connectivity index (χ4n) is 1.61. The minimum atomic E-state index is -0.970. The molecule has 0 aliphatic heterocycles. The second-order valence-corrected chi connectivity index (χ2v) is 3.77. The molecule has 0 fully saturated rings. The van der Waals surface area contributed by atoms with Crippen LogP contribution in [-0.2, 0) is 0 Å². The molecule has 2 aromatic carbocycles. The number of aromatic carboxylic acids is 2. The average Bonchev–Trinajstić information content (AvgIpc) is 2.39. The van der Waals surface area contributed by atoms with Crippen LogP contribution in [0.5, 0.6) is 0 Å². The Balaban J connectivity index is 0.00000180. The lowest BCUT2D eigenvalue weighted by Gasteiger charge is -2.03. The van der Waals surface area contributed by atoms with Crippen LogP contribution in [0.3, 0.4) is 0 Å². The Morgan fingerprint density at radius 1 is 0.600 bits per heavy atom. The van der Waals surface area contributed by atoms with Crippen molar-refractivity contribution in [2.75, 3.05) is 0 Å². The van der Waals surface area contributed by atoms with E-state index in [0.29, 0.717) is 0 Å². The third-order valence-electron chi connectivity index (χ3n) is 2.60. The van der Waals surface area contributed by atoms with Crippen LogP contribution in [0, 0.1) is 0 Å². The number of carbonyl (C=O) groups is 2. The van der Waals surface area contributed by atoms with Gasteiger partial charge < -0.3 is 10.2 Å². The van der Waals surface area contributed by atoms with E-state index in [0.717, 1.165) is 11.1 Å². The zero-order valence-electron chi connectivity index (χ0n) is 10.1. The smallest absolute Gasteiger partial charge is 0.335 e. The summed E-state index contributed by atoms with van der Waals surface area (Å²) in [6, 6.07) is 12.8. The molecule has 0 spiro atoms. The maximum atomic E-state index is 10.7. The van der Waals surface area contributed by atoms with Gasteiger partial charge in [-0.3, -0.25) is 0 Å². The highest BCUT2D eigenvalue weighted by molar-refractivity contribution is 8.93. The van der Waals surface area contributed by atoms with Crippen LogP contribution in [0.2, 0.25) is 0 Å². The molecule has 0 atom stereocenters. The average molecular weight is 404 g/mol. The molecule has 0 amide bonds. The molecule has 0 saturated carbocycles. The molecule has 2 rings (SSSR count). The van der Waals surface area contributed by atoms with E-state index in [1.807, 2.05) is 0 Å². The summed E-state index contributed by atoms with van der Waals surface area (Å²) in [6.07, 6.45) is 0. The predicted molar refractivity (Wildman–Crippen MR) is 86.4 cm³/mol. The van der Waals surface area contributed by atoms with Gasteiger partial charge in [0.25, 0.3) is 0 Å². The van der Waals surface area contributed by atoms with Crippen molar-refractivity contribution in [2.45, 2.75) is 0 Å². The van der Waals surface area contributed by atoms with Crippen LogP contribution in [0.15, 0.2) is 48.5 Å². The second-order valence-electron chi connectivity index (χ2n) is 3.77. The SMILES string of the molecule is Br.Br.O=C(O)c1ccc(-c2ccc(C(=O)O)cc2)cc1. The second kappa shape index (κ2) is 7.81. The highest BCUT2D eigenvalue weighted by atomic mass is 79.9. The lowest BCUT2D eigenvalue weighted by Crippen LogP contribution is -1.96. The Hall–Kier alpha value is -1.66. The Kier molecular flexibility index (Phi) is 7.17. The van der Waals surface area contributed by atoms with Crippen molar-refractivity contribution < 1.29 is 19.8 Å². The minimum Gasteiger partial charge on any atom is -0.478 e. The summed E-state index contributed by atoms with van der Waals surface area (Å²) in [6.45, 7) is 0. The molecule has 0 radical (unpaired) electrons. The van der Waals surface area contributed by atoms with Crippen molar-refractivity contribution in [3.8, 4) is 11.1 Å². The number of rotatable bonds is 3. The third kappa shape index (κ3) is 4.18. The Labute approximate surface area is 136 Å². The van der Waals surface area contributed by atoms with E-state index in [1.165, 1.54) is 24.3 Å². The lowest BCUT2D eigenvalue weighted by atomic mass is 10.0. The first kappa shape index (κ1) is 18.3. The number of hydrogen-bond acceptors (Lipinski definition) is 2. The molecule has 0 aliphatic rings. The van der Waals surface area contributed by atoms with E-state index in [1.54, 1.807) is 24.3 Å². The highest BCUT2D eigenvalue weighted by Gasteiger charge is 2.05. The van der Waals surface area contributed by atoms with Crippen LogP contribution in [0.4, 0.5) is 0 Å². The standard InChI is InChI=1S/C14H10O4.2BrH/c15-13(16)11-5-1-9(2-6-11)10-3-7-12(8-4-10)14(17)18;;/h1-8H,(H,15,16)(H,17,18);2*1H. The largest absolute Gasteiger partial charge is 0.478 e. The topological polar surface area (TPSA) is 74.6 Å². The van der Waals surface area contributed by atoms with Gasteiger partial charge in [-0.1, -0.05) is 24.3 Å². The minimum absolute atomic E-state index is 0. The zero-order valence-corrected chi connectivity index (χ0v) is 13.6. The van der Waals surface area contributed by atoms with Crippen LogP contribution in [0.25, 0.3) is 11.1 Å². The lowest BCUT2D eigenvalue weighted by molar-refractivity contribution is 0.0686. The molecule has 0 bridgehead atoms. The number of hydrogen-bond donors (Lipinski definition) is 2. The molecule has 0 aromatic heterocycles. The molecular formula is C14H12Br2O4. The fourth-order valence-corrected chi connectivity index (χ4v) is 1.61. The van der Waals surface area contributed by atoms with E-state index in [4.69, 9.17) is 10.2 Å². The van der Waals surface area contributed by atoms with Gasteiger partial charge in [-0.25, -0.2) is 9.59 Å². The Morgan fingerprint density at radius 2 is 0.850 bits per heavy atom. The maximum absolute atomic E-state index is 10.7. The van der Waals surface area contributed by atoms with Crippen molar-refractivity contribution in [3.63, 3.8) is 0 Å². The summed E-state index contributed by atoms with van der Waals surface area (Å²) in [5.41, 5.74) is 2.13. The monoisotopic (exact) mass is 402 g/mol. The van der Waals surface area contributed by atoms with Gasteiger partial charge in [0.05, 0.1) is 11.1 Å². The molecule has 0 unspecified atom stereocenters. The van der Waals surface area contributed by atoms with Gasteiger partial charge in [-0.2, -0.15) is 0 Å². The summed E-state index contributed by atoms with van der Waals surface area (Å²) in [5.74, 6) is -1.94. The Bertz CT molecular complexity index is 536. The zero-order chi connectivity index (χ0) is 13.1. The molecule has 2 N–H and O–H groups in total. The van der Waals surface area contributed by atoms with Gasteiger partial charge >= 0.3 is 11.9 Å². The number of carboxylic acids is 2. The highest BCUT2D eigenvalue weighted by Crippen LogP contribution is 2.20. The van der Waals surface area contributed by atoms with Gasteiger partial charge in [0.1, 0.15) is 0 Å². The first-order valence-corrected chi connectivity index (χ1v) is 5.25. The van der Waals surface area contributed by atoms with Crippen LogP contribution in [0.1, 0.15) is 20.7 Å². The molecule has 0 heterocycles. The molecule has 0 aliphatic carbocycles.